The molecule has 0 saturated carbocycles. The van der Waals surface area contributed by atoms with Crippen LogP contribution in [0.1, 0.15) is 16.8 Å². The first-order valence-corrected chi connectivity index (χ1v) is 5.10. The highest BCUT2D eigenvalue weighted by molar-refractivity contribution is 6.33. The summed E-state index contributed by atoms with van der Waals surface area (Å²) in [4.78, 5) is 11.6. The van der Waals surface area contributed by atoms with Gasteiger partial charge in [-0.1, -0.05) is 23.7 Å². The van der Waals surface area contributed by atoms with Crippen molar-refractivity contribution in [2.24, 2.45) is 0 Å². The van der Waals surface area contributed by atoms with E-state index >= 15 is 0 Å². The fourth-order valence-corrected chi connectivity index (χ4v) is 1.35. The number of carbonyl (C=O) groups excluding carboxylic acids is 1. The van der Waals surface area contributed by atoms with Crippen LogP contribution in [-0.4, -0.2) is 23.7 Å². The zero-order valence-corrected chi connectivity index (χ0v) is 9.24. The third kappa shape index (κ3) is 3.54. The second kappa shape index (κ2) is 6.11. The highest BCUT2D eigenvalue weighted by atomic mass is 35.5. The van der Waals surface area contributed by atoms with Gasteiger partial charge >= 0.3 is 0 Å². The van der Waals surface area contributed by atoms with Gasteiger partial charge in [0.2, 0.25) is 0 Å². The van der Waals surface area contributed by atoms with Crippen molar-refractivity contribution in [2.45, 2.75) is 12.5 Å². The van der Waals surface area contributed by atoms with Crippen LogP contribution < -0.4 is 5.32 Å². The molecule has 1 amide bonds. The maximum atomic E-state index is 11.6. The van der Waals surface area contributed by atoms with Crippen LogP contribution in [0.25, 0.3) is 0 Å². The van der Waals surface area contributed by atoms with Crippen LogP contribution in [0.3, 0.4) is 0 Å². The highest BCUT2D eigenvalue weighted by Crippen LogP contribution is 2.14. The van der Waals surface area contributed by atoms with Gasteiger partial charge in [0.25, 0.3) is 5.91 Å². The Morgan fingerprint density at radius 1 is 1.56 bits per heavy atom. The summed E-state index contributed by atoms with van der Waals surface area (Å²) >= 11 is 5.82. The summed E-state index contributed by atoms with van der Waals surface area (Å²) in [6.07, 6.45) is -0.862. The van der Waals surface area contributed by atoms with Crippen LogP contribution in [0.15, 0.2) is 24.3 Å². The summed E-state index contributed by atoms with van der Waals surface area (Å²) in [5, 5.41) is 20.4. The van der Waals surface area contributed by atoms with Crippen LogP contribution in [0.2, 0.25) is 5.02 Å². The number of hydrogen-bond donors (Lipinski definition) is 2. The summed E-state index contributed by atoms with van der Waals surface area (Å²) in [5.74, 6) is -0.359. The second-order valence-electron chi connectivity index (χ2n) is 3.21. The zero-order chi connectivity index (χ0) is 12.0. The van der Waals surface area contributed by atoms with Gasteiger partial charge in [0, 0.05) is 6.54 Å². The van der Waals surface area contributed by atoms with Crippen molar-refractivity contribution in [3.8, 4) is 6.07 Å². The SMILES string of the molecule is N#CCC(O)CNC(=O)c1ccccc1Cl. The largest absolute Gasteiger partial charge is 0.390 e. The minimum Gasteiger partial charge on any atom is -0.390 e. The second-order valence-corrected chi connectivity index (χ2v) is 3.61. The van der Waals surface area contributed by atoms with E-state index in [9.17, 15) is 9.90 Å². The van der Waals surface area contributed by atoms with Gasteiger partial charge in [0.15, 0.2) is 0 Å². The number of aliphatic hydroxyl groups excluding tert-OH is 1. The number of hydrogen-bond acceptors (Lipinski definition) is 3. The number of carbonyl (C=O) groups is 1. The number of benzene rings is 1. The standard InChI is InChI=1S/C11H11ClN2O2/c12-10-4-2-1-3-9(10)11(16)14-7-8(15)5-6-13/h1-4,8,15H,5,7H2,(H,14,16). The molecular weight excluding hydrogens is 228 g/mol. The predicted octanol–water partition coefficient (Wildman–Crippen LogP) is 1.34. The van der Waals surface area contributed by atoms with E-state index in [1.165, 1.54) is 0 Å². The van der Waals surface area contributed by atoms with E-state index in [1.54, 1.807) is 24.3 Å². The lowest BCUT2D eigenvalue weighted by Crippen LogP contribution is -2.32. The van der Waals surface area contributed by atoms with Crippen LogP contribution in [-0.2, 0) is 0 Å². The Bertz CT molecular complexity index is 415. The summed E-state index contributed by atoms with van der Waals surface area (Å²) in [6, 6.07) is 8.45. The molecule has 0 spiro atoms. The van der Waals surface area contributed by atoms with Crippen molar-refractivity contribution in [1.29, 1.82) is 5.26 Å². The molecule has 0 aromatic heterocycles. The van der Waals surface area contributed by atoms with Crippen LogP contribution in [0.4, 0.5) is 0 Å². The summed E-state index contributed by atoms with van der Waals surface area (Å²) < 4.78 is 0. The lowest BCUT2D eigenvalue weighted by Gasteiger charge is -2.09. The summed E-state index contributed by atoms with van der Waals surface area (Å²) in [7, 11) is 0. The first-order valence-electron chi connectivity index (χ1n) is 4.73. The molecule has 0 fully saturated rings. The molecule has 1 rings (SSSR count). The third-order valence-corrected chi connectivity index (χ3v) is 2.27. The van der Waals surface area contributed by atoms with E-state index in [4.69, 9.17) is 16.9 Å². The maximum absolute atomic E-state index is 11.6. The molecule has 1 atom stereocenters. The molecule has 1 aromatic carbocycles. The van der Waals surface area contributed by atoms with E-state index < -0.39 is 6.10 Å². The molecule has 0 radical (unpaired) electrons. The monoisotopic (exact) mass is 238 g/mol. The van der Waals surface area contributed by atoms with E-state index in [-0.39, 0.29) is 18.9 Å². The van der Waals surface area contributed by atoms with E-state index in [2.05, 4.69) is 5.32 Å². The number of nitrogens with zero attached hydrogens (tertiary/aromatic N) is 1. The van der Waals surface area contributed by atoms with Crippen molar-refractivity contribution in [3.05, 3.63) is 34.9 Å². The Morgan fingerprint density at radius 2 is 2.25 bits per heavy atom. The molecule has 84 valence electrons. The molecule has 0 bridgehead atoms. The van der Waals surface area contributed by atoms with Crippen molar-refractivity contribution in [3.63, 3.8) is 0 Å². The number of rotatable bonds is 4. The summed E-state index contributed by atoms with van der Waals surface area (Å²) in [5.41, 5.74) is 0.355. The average Bonchev–Trinajstić information content (AvgIpc) is 2.27. The van der Waals surface area contributed by atoms with Gasteiger partial charge in [-0.05, 0) is 12.1 Å². The maximum Gasteiger partial charge on any atom is 0.252 e. The first kappa shape index (κ1) is 12.5. The number of amides is 1. The fourth-order valence-electron chi connectivity index (χ4n) is 1.13. The number of aliphatic hydroxyl groups is 1. The molecule has 1 unspecified atom stereocenters. The Balaban J connectivity index is 2.54. The molecule has 0 heterocycles. The van der Waals surface area contributed by atoms with Gasteiger partial charge in [-0.15, -0.1) is 0 Å². The third-order valence-electron chi connectivity index (χ3n) is 1.94. The Kier molecular flexibility index (Phi) is 4.77. The highest BCUT2D eigenvalue weighted by Gasteiger charge is 2.10. The van der Waals surface area contributed by atoms with Crippen LogP contribution in [0, 0.1) is 11.3 Å². The van der Waals surface area contributed by atoms with Crippen LogP contribution >= 0.6 is 11.6 Å². The molecule has 0 aliphatic carbocycles. The topological polar surface area (TPSA) is 73.1 Å². The van der Waals surface area contributed by atoms with E-state index in [0.717, 1.165) is 0 Å². The lowest BCUT2D eigenvalue weighted by molar-refractivity contribution is 0.0918. The Labute approximate surface area is 98.5 Å². The Hall–Kier alpha value is -1.57. The van der Waals surface area contributed by atoms with Gasteiger partial charge < -0.3 is 10.4 Å². The van der Waals surface area contributed by atoms with Gasteiger partial charge in [-0.3, -0.25) is 4.79 Å². The molecule has 1 aromatic rings. The fraction of sp³-hybridized carbons (Fsp3) is 0.273. The zero-order valence-electron chi connectivity index (χ0n) is 8.48. The molecule has 0 saturated heterocycles. The van der Waals surface area contributed by atoms with Gasteiger partial charge in [-0.25, -0.2) is 0 Å². The average molecular weight is 239 g/mol. The molecule has 5 heteroatoms. The lowest BCUT2D eigenvalue weighted by atomic mass is 10.2. The predicted molar refractivity (Wildman–Crippen MR) is 60.0 cm³/mol. The van der Waals surface area contributed by atoms with E-state index in [0.29, 0.717) is 10.6 Å². The molecule has 0 aliphatic heterocycles. The molecule has 16 heavy (non-hydrogen) atoms. The molecule has 2 N–H and O–H groups in total. The molecule has 0 aliphatic rings. The molecular formula is C11H11ClN2O2. The number of halogens is 1. The van der Waals surface area contributed by atoms with E-state index in [1.807, 2.05) is 6.07 Å². The van der Waals surface area contributed by atoms with Gasteiger partial charge in [0.05, 0.1) is 29.2 Å². The van der Waals surface area contributed by atoms with Crippen molar-refractivity contribution < 1.29 is 9.90 Å². The van der Waals surface area contributed by atoms with Crippen LogP contribution in [0.5, 0.6) is 0 Å². The van der Waals surface area contributed by atoms with Crippen molar-refractivity contribution in [2.75, 3.05) is 6.54 Å². The minimum atomic E-state index is -0.851. The van der Waals surface area contributed by atoms with Gasteiger partial charge in [-0.2, -0.15) is 5.26 Å². The number of nitriles is 1. The Morgan fingerprint density at radius 3 is 2.88 bits per heavy atom. The number of nitrogens with one attached hydrogen (secondary N) is 1. The van der Waals surface area contributed by atoms with Crippen molar-refractivity contribution in [1.82, 2.24) is 5.32 Å². The smallest absolute Gasteiger partial charge is 0.252 e. The van der Waals surface area contributed by atoms with Crippen molar-refractivity contribution >= 4 is 17.5 Å². The summed E-state index contributed by atoms with van der Waals surface area (Å²) in [6.45, 7) is 0.0393. The normalized spacial score (nSPS) is 11.6. The first-order chi connectivity index (χ1) is 7.65. The quantitative estimate of drug-likeness (QED) is 0.832. The van der Waals surface area contributed by atoms with Gasteiger partial charge in [0.1, 0.15) is 0 Å². The minimum absolute atomic E-state index is 0.0111. The molecule has 4 nitrogen and oxygen atoms in total.